The number of ether oxygens (including phenoxy) is 1. The van der Waals surface area contributed by atoms with E-state index in [1.807, 2.05) is 13.0 Å². The standard InChI is InChI=1S/C14H19ClN2O3/c1-10-2-3-11(8-12(10)15)17-13(18)16-9-14(19)4-6-20-7-5-14/h2-3,8,19H,4-7,9H2,1H3,(H2,16,17,18). The molecule has 6 heteroatoms. The Labute approximate surface area is 123 Å². The minimum Gasteiger partial charge on any atom is -0.388 e. The Hall–Kier alpha value is -1.30. The average molecular weight is 299 g/mol. The molecule has 0 radical (unpaired) electrons. The lowest BCUT2D eigenvalue weighted by atomic mass is 9.94. The third kappa shape index (κ3) is 4.10. The highest BCUT2D eigenvalue weighted by Gasteiger charge is 2.30. The quantitative estimate of drug-likeness (QED) is 0.802. The summed E-state index contributed by atoms with van der Waals surface area (Å²) in [5.74, 6) is 0. The van der Waals surface area contributed by atoms with Crippen LogP contribution >= 0.6 is 11.6 Å². The van der Waals surface area contributed by atoms with E-state index in [-0.39, 0.29) is 12.6 Å². The van der Waals surface area contributed by atoms with Gasteiger partial charge in [0.25, 0.3) is 0 Å². The number of aliphatic hydroxyl groups is 1. The molecule has 0 saturated carbocycles. The molecule has 1 aromatic carbocycles. The van der Waals surface area contributed by atoms with E-state index < -0.39 is 5.60 Å². The number of carbonyl (C=O) groups is 1. The Bertz CT molecular complexity index is 487. The number of urea groups is 1. The summed E-state index contributed by atoms with van der Waals surface area (Å²) in [6.45, 7) is 3.15. The molecular formula is C14H19ClN2O3. The van der Waals surface area contributed by atoms with Crippen LogP contribution in [-0.2, 0) is 4.74 Å². The summed E-state index contributed by atoms with van der Waals surface area (Å²) in [4.78, 5) is 11.8. The van der Waals surface area contributed by atoms with Crippen LogP contribution in [0.25, 0.3) is 0 Å². The predicted molar refractivity (Wildman–Crippen MR) is 78.2 cm³/mol. The van der Waals surface area contributed by atoms with E-state index in [0.29, 0.717) is 36.8 Å². The highest BCUT2D eigenvalue weighted by molar-refractivity contribution is 6.31. The second-order valence-corrected chi connectivity index (χ2v) is 5.52. The van der Waals surface area contributed by atoms with Crippen LogP contribution in [0.4, 0.5) is 10.5 Å². The Balaban J connectivity index is 1.84. The Morgan fingerprint density at radius 3 is 2.80 bits per heavy atom. The molecule has 1 fully saturated rings. The number of halogens is 1. The number of hydrogen-bond acceptors (Lipinski definition) is 3. The molecule has 2 amide bonds. The van der Waals surface area contributed by atoms with Crippen LogP contribution in [0.2, 0.25) is 5.02 Å². The number of hydrogen-bond donors (Lipinski definition) is 3. The summed E-state index contributed by atoms with van der Waals surface area (Å²) in [5, 5.41) is 16.2. The van der Waals surface area contributed by atoms with Crippen molar-refractivity contribution >= 4 is 23.3 Å². The van der Waals surface area contributed by atoms with E-state index in [0.717, 1.165) is 5.56 Å². The van der Waals surface area contributed by atoms with E-state index in [1.165, 1.54) is 0 Å². The molecule has 1 aromatic rings. The lowest BCUT2D eigenvalue weighted by Crippen LogP contribution is -2.47. The number of nitrogens with one attached hydrogen (secondary N) is 2. The minimum absolute atomic E-state index is 0.210. The zero-order chi connectivity index (χ0) is 14.6. The number of rotatable bonds is 3. The summed E-state index contributed by atoms with van der Waals surface area (Å²) in [6.07, 6.45) is 1.06. The van der Waals surface area contributed by atoms with Gasteiger partial charge in [0, 0.05) is 43.3 Å². The highest BCUT2D eigenvalue weighted by Crippen LogP contribution is 2.21. The molecule has 0 atom stereocenters. The molecule has 1 saturated heterocycles. The third-order valence-electron chi connectivity index (χ3n) is 3.43. The molecule has 0 aromatic heterocycles. The zero-order valence-corrected chi connectivity index (χ0v) is 12.2. The number of anilines is 1. The van der Waals surface area contributed by atoms with E-state index in [9.17, 15) is 9.90 Å². The lowest BCUT2D eigenvalue weighted by Gasteiger charge is -2.32. The average Bonchev–Trinajstić information content (AvgIpc) is 2.42. The molecule has 1 aliphatic rings. The maximum absolute atomic E-state index is 11.8. The first-order valence-electron chi connectivity index (χ1n) is 6.60. The normalized spacial score (nSPS) is 17.6. The smallest absolute Gasteiger partial charge is 0.319 e. The van der Waals surface area contributed by atoms with Gasteiger partial charge in [-0.25, -0.2) is 4.79 Å². The Morgan fingerprint density at radius 2 is 2.15 bits per heavy atom. The van der Waals surface area contributed by atoms with Gasteiger partial charge < -0.3 is 20.5 Å². The number of aryl methyl sites for hydroxylation is 1. The van der Waals surface area contributed by atoms with Gasteiger partial charge >= 0.3 is 6.03 Å². The third-order valence-corrected chi connectivity index (χ3v) is 3.84. The molecule has 0 spiro atoms. The van der Waals surface area contributed by atoms with Crippen molar-refractivity contribution in [2.45, 2.75) is 25.4 Å². The molecular weight excluding hydrogens is 280 g/mol. The van der Waals surface area contributed by atoms with Crippen molar-refractivity contribution in [2.75, 3.05) is 25.1 Å². The van der Waals surface area contributed by atoms with Crippen LogP contribution in [0.1, 0.15) is 18.4 Å². The minimum atomic E-state index is -0.874. The van der Waals surface area contributed by atoms with E-state index >= 15 is 0 Å². The molecule has 2 rings (SSSR count). The highest BCUT2D eigenvalue weighted by atomic mass is 35.5. The molecule has 1 heterocycles. The van der Waals surface area contributed by atoms with Crippen molar-refractivity contribution in [3.05, 3.63) is 28.8 Å². The fourth-order valence-electron chi connectivity index (χ4n) is 2.02. The van der Waals surface area contributed by atoms with Gasteiger partial charge in [-0.1, -0.05) is 17.7 Å². The molecule has 110 valence electrons. The number of amides is 2. The van der Waals surface area contributed by atoms with E-state index in [2.05, 4.69) is 10.6 Å². The molecule has 20 heavy (non-hydrogen) atoms. The SMILES string of the molecule is Cc1ccc(NC(=O)NCC2(O)CCOCC2)cc1Cl. The second-order valence-electron chi connectivity index (χ2n) is 5.11. The largest absolute Gasteiger partial charge is 0.388 e. The van der Waals surface area contributed by atoms with Crippen LogP contribution < -0.4 is 10.6 Å². The monoisotopic (exact) mass is 298 g/mol. The van der Waals surface area contributed by atoms with Gasteiger partial charge in [0.1, 0.15) is 0 Å². The number of carbonyl (C=O) groups excluding carboxylic acids is 1. The van der Waals surface area contributed by atoms with Gasteiger partial charge in [-0.05, 0) is 24.6 Å². The summed E-state index contributed by atoms with van der Waals surface area (Å²) < 4.78 is 5.19. The van der Waals surface area contributed by atoms with Crippen LogP contribution in [0, 0.1) is 6.92 Å². The van der Waals surface area contributed by atoms with Crippen LogP contribution in [0.15, 0.2) is 18.2 Å². The van der Waals surface area contributed by atoms with Gasteiger partial charge in [-0.3, -0.25) is 0 Å². The van der Waals surface area contributed by atoms with Gasteiger partial charge in [0.05, 0.1) is 5.60 Å². The molecule has 3 N–H and O–H groups in total. The van der Waals surface area contributed by atoms with Crippen LogP contribution in [0.3, 0.4) is 0 Å². The topological polar surface area (TPSA) is 70.6 Å². The molecule has 5 nitrogen and oxygen atoms in total. The first kappa shape index (κ1) is 15.1. The fourth-order valence-corrected chi connectivity index (χ4v) is 2.20. The summed E-state index contributed by atoms with van der Waals surface area (Å²) in [5.41, 5.74) is 0.701. The van der Waals surface area contributed by atoms with Crippen molar-refractivity contribution in [1.82, 2.24) is 5.32 Å². The lowest BCUT2D eigenvalue weighted by molar-refractivity contribution is -0.0598. The molecule has 1 aliphatic heterocycles. The summed E-state index contributed by atoms with van der Waals surface area (Å²) >= 11 is 5.99. The van der Waals surface area contributed by atoms with E-state index in [1.54, 1.807) is 12.1 Å². The summed E-state index contributed by atoms with van der Waals surface area (Å²) in [6, 6.07) is 4.96. The van der Waals surface area contributed by atoms with Crippen molar-refractivity contribution in [3.8, 4) is 0 Å². The Kier molecular flexibility index (Phi) is 4.86. The first-order chi connectivity index (χ1) is 9.48. The van der Waals surface area contributed by atoms with Crippen LogP contribution in [0.5, 0.6) is 0 Å². The van der Waals surface area contributed by atoms with Gasteiger partial charge in [-0.15, -0.1) is 0 Å². The second kappa shape index (κ2) is 6.43. The van der Waals surface area contributed by atoms with Crippen molar-refractivity contribution in [3.63, 3.8) is 0 Å². The van der Waals surface area contributed by atoms with Crippen LogP contribution in [-0.4, -0.2) is 36.5 Å². The van der Waals surface area contributed by atoms with E-state index in [4.69, 9.17) is 16.3 Å². The summed E-state index contributed by atoms with van der Waals surface area (Å²) in [7, 11) is 0. The van der Waals surface area contributed by atoms with Crippen molar-refractivity contribution < 1.29 is 14.6 Å². The van der Waals surface area contributed by atoms with Gasteiger partial charge in [-0.2, -0.15) is 0 Å². The maximum atomic E-state index is 11.8. The molecule has 0 bridgehead atoms. The van der Waals surface area contributed by atoms with Gasteiger partial charge in [0.2, 0.25) is 0 Å². The molecule has 0 unspecified atom stereocenters. The molecule has 0 aliphatic carbocycles. The van der Waals surface area contributed by atoms with Crippen molar-refractivity contribution in [2.24, 2.45) is 0 Å². The predicted octanol–water partition coefficient (Wildman–Crippen LogP) is 2.31. The number of benzene rings is 1. The van der Waals surface area contributed by atoms with Crippen molar-refractivity contribution in [1.29, 1.82) is 0 Å². The maximum Gasteiger partial charge on any atom is 0.319 e. The fraction of sp³-hybridized carbons (Fsp3) is 0.500. The van der Waals surface area contributed by atoms with Gasteiger partial charge in [0.15, 0.2) is 0 Å². The Morgan fingerprint density at radius 1 is 1.45 bits per heavy atom. The zero-order valence-electron chi connectivity index (χ0n) is 11.4. The first-order valence-corrected chi connectivity index (χ1v) is 6.97.